The largest absolute Gasteiger partial charge is 0.341 e. The Hall–Kier alpha value is -2.38. The highest BCUT2D eigenvalue weighted by atomic mass is 79.9. The monoisotopic (exact) mass is 484 g/mol. The van der Waals surface area contributed by atoms with Gasteiger partial charge in [0.05, 0.1) is 0 Å². The van der Waals surface area contributed by atoms with Crippen molar-refractivity contribution >= 4 is 33.6 Å². The van der Waals surface area contributed by atoms with Crippen LogP contribution >= 0.6 is 15.9 Å². The van der Waals surface area contributed by atoms with E-state index in [9.17, 15) is 9.59 Å². The summed E-state index contributed by atoms with van der Waals surface area (Å²) in [5, 5.41) is 5.62. The second-order valence-corrected chi connectivity index (χ2v) is 9.35. The van der Waals surface area contributed by atoms with Crippen molar-refractivity contribution in [2.75, 3.05) is 31.5 Å². The molecule has 2 aliphatic rings. The summed E-state index contributed by atoms with van der Waals surface area (Å²) < 4.78 is 0.950. The molecular formula is C24H29BrN4O2. The van der Waals surface area contributed by atoms with Gasteiger partial charge in [-0.05, 0) is 68.1 Å². The first kappa shape index (κ1) is 21.8. The molecule has 6 nitrogen and oxygen atoms in total. The quantitative estimate of drug-likeness (QED) is 0.648. The number of anilines is 1. The lowest BCUT2D eigenvalue weighted by Gasteiger charge is -2.34. The van der Waals surface area contributed by atoms with Gasteiger partial charge in [0, 0.05) is 29.8 Å². The lowest BCUT2D eigenvalue weighted by molar-refractivity contribution is -0.129. The van der Waals surface area contributed by atoms with E-state index in [2.05, 4.69) is 61.8 Å². The van der Waals surface area contributed by atoms with E-state index in [4.69, 9.17) is 0 Å². The average Bonchev–Trinajstić information content (AvgIpc) is 3.11. The van der Waals surface area contributed by atoms with Crippen molar-refractivity contribution < 1.29 is 9.59 Å². The summed E-state index contributed by atoms with van der Waals surface area (Å²) >= 11 is 3.37. The van der Waals surface area contributed by atoms with Gasteiger partial charge in [-0.1, -0.05) is 46.3 Å². The van der Waals surface area contributed by atoms with E-state index in [-0.39, 0.29) is 11.9 Å². The number of carbonyl (C=O) groups excluding carboxylic acids is 2. The molecule has 7 heteroatoms. The Labute approximate surface area is 192 Å². The van der Waals surface area contributed by atoms with Gasteiger partial charge in [0.1, 0.15) is 6.04 Å². The van der Waals surface area contributed by atoms with Gasteiger partial charge < -0.3 is 15.5 Å². The van der Waals surface area contributed by atoms with Crippen LogP contribution in [0.4, 0.5) is 10.5 Å². The third kappa shape index (κ3) is 6.08. The zero-order valence-corrected chi connectivity index (χ0v) is 19.2. The number of benzene rings is 2. The highest BCUT2D eigenvalue weighted by Gasteiger charge is 2.34. The van der Waals surface area contributed by atoms with Crippen LogP contribution in [0.25, 0.3) is 0 Å². The molecule has 0 aromatic heterocycles. The van der Waals surface area contributed by atoms with Crippen LogP contribution in [0.15, 0.2) is 59.1 Å². The normalized spacial score (nSPS) is 20.1. The first-order valence-electron chi connectivity index (χ1n) is 10.9. The number of amides is 3. The van der Waals surface area contributed by atoms with Crippen LogP contribution in [0.3, 0.4) is 0 Å². The molecule has 0 spiro atoms. The summed E-state index contributed by atoms with van der Waals surface area (Å²) in [6.07, 6.45) is 2.89. The molecular weight excluding hydrogens is 456 g/mol. The number of urea groups is 1. The maximum atomic E-state index is 12.8. The van der Waals surface area contributed by atoms with Gasteiger partial charge in [-0.2, -0.15) is 0 Å². The number of halogens is 1. The van der Waals surface area contributed by atoms with Gasteiger partial charge in [0.25, 0.3) is 0 Å². The minimum absolute atomic E-state index is 0.0395. The third-order valence-corrected chi connectivity index (χ3v) is 6.67. The van der Waals surface area contributed by atoms with E-state index >= 15 is 0 Å². The molecule has 3 amide bonds. The van der Waals surface area contributed by atoms with Crippen LogP contribution in [0, 0.1) is 5.92 Å². The van der Waals surface area contributed by atoms with Gasteiger partial charge >= 0.3 is 6.03 Å². The Morgan fingerprint density at radius 3 is 2.39 bits per heavy atom. The first-order chi connectivity index (χ1) is 15.1. The maximum Gasteiger partial charge on any atom is 0.319 e. The Bertz CT molecular complexity index is 882. The summed E-state index contributed by atoms with van der Waals surface area (Å²) in [4.78, 5) is 29.5. The average molecular weight is 485 g/mol. The molecule has 1 unspecified atom stereocenters. The predicted molar refractivity (Wildman–Crippen MR) is 126 cm³/mol. The molecule has 2 N–H and O–H groups in total. The zero-order valence-electron chi connectivity index (χ0n) is 17.6. The fourth-order valence-corrected chi connectivity index (χ4v) is 4.66. The molecule has 0 saturated carbocycles. The van der Waals surface area contributed by atoms with Gasteiger partial charge in [-0.25, -0.2) is 4.79 Å². The first-order valence-corrected chi connectivity index (χ1v) is 11.7. The van der Waals surface area contributed by atoms with E-state index in [1.54, 1.807) is 0 Å². The lowest BCUT2D eigenvalue weighted by atomic mass is 9.96. The molecule has 2 aliphatic heterocycles. The summed E-state index contributed by atoms with van der Waals surface area (Å²) in [7, 11) is 0. The van der Waals surface area contributed by atoms with Crippen molar-refractivity contribution in [1.82, 2.24) is 15.1 Å². The molecule has 2 saturated heterocycles. The zero-order chi connectivity index (χ0) is 21.6. The molecule has 0 bridgehead atoms. The molecule has 4 rings (SSSR count). The molecule has 2 fully saturated rings. The standard InChI is InChI=1S/C24H29BrN4O2/c25-20-6-8-21(9-7-20)26-24(31)27-22-12-15-29(23(22)30)17-19-10-13-28(14-11-19)16-18-4-2-1-3-5-18/h1-9,19,22H,10-17H2,(H2,26,27,31). The smallest absolute Gasteiger partial charge is 0.319 e. The molecule has 164 valence electrons. The number of hydrogen-bond donors (Lipinski definition) is 2. The number of nitrogens with zero attached hydrogens (tertiary/aromatic N) is 2. The van der Waals surface area contributed by atoms with E-state index in [0.29, 0.717) is 24.6 Å². The van der Waals surface area contributed by atoms with E-state index < -0.39 is 6.04 Å². The fraction of sp³-hybridized carbons (Fsp3) is 0.417. The molecule has 0 aliphatic carbocycles. The number of hydrogen-bond acceptors (Lipinski definition) is 3. The number of piperidine rings is 1. The lowest BCUT2D eigenvalue weighted by Crippen LogP contribution is -2.45. The number of likely N-dealkylation sites (tertiary alicyclic amines) is 2. The van der Waals surface area contributed by atoms with E-state index in [1.807, 2.05) is 29.2 Å². The van der Waals surface area contributed by atoms with Crippen molar-refractivity contribution in [3.8, 4) is 0 Å². The SMILES string of the molecule is O=C(Nc1ccc(Br)cc1)NC1CCN(CC2CCN(Cc3ccccc3)CC2)C1=O. The van der Waals surface area contributed by atoms with Crippen molar-refractivity contribution in [2.24, 2.45) is 5.92 Å². The summed E-state index contributed by atoms with van der Waals surface area (Å²) in [6, 6.07) is 17.2. The molecule has 1 atom stereocenters. The summed E-state index contributed by atoms with van der Waals surface area (Å²) in [5.41, 5.74) is 2.05. The van der Waals surface area contributed by atoms with Crippen LogP contribution in [0.5, 0.6) is 0 Å². The van der Waals surface area contributed by atoms with Crippen molar-refractivity contribution in [3.05, 3.63) is 64.6 Å². The van der Waals surface area contributed by atoms with Gasteiger partial charge in [-0.15, -0.1) is 0 Å². The van der Waals surface area contributed by atoms with Crippen LogP contribution < -0.4 is 10.6 Å². The van der Waals surface area contributed by atoms with Crippen molar-refractivity contribution in [3.63, 3.8) is 0 Å². The van der Waals surface area contributed by atoms with Crippen molar-refractivity contribution in [2.45, 2.75) is 31.8 Å². The molecule has 2 heterocycles. The van der Waals surface area contributed by atoms with Crippen LogP contribution in [0.1, 0.15) is 24.8 Å². The van der Waals surface area contributed by atoms with Crippen LogP contribution in [0.2, 0.25) is 0 Å². The minimum Gasteiger partial charge on any atom is -0.341 e. The molecule has 2 aromatic rings. The summed E-state index contributed by atoms with van der Waals surface area (Å²) in [6.45, 7) is 4.64. The Kier molecular flexibility index (Phi) is 7.25. The third-order valence-electron chi connectivity index (χ3n) is 6.14. The van der Waals surface area contributed by atoms with Crippen LogP contribution in [-0.4, -0.2) is 54.0 Å². The van der Waals surface area contributed by atoms with Crippen molar-refractivity contribution in [1.29, 1.82) is 0 Å². The van der Waals surface area contributed by atoms with Gasteiger partial charge in [0.15, 0.2) is 0 Å². The molecule has 2 aromatic carbocycles. The Morgan fingerprint density at radius 1 is 0.968 bits per heavy atom. The van der Waals surface area contributed by atoms with Gasteiger partial charge in [-0.3, -0.25) is 9.69 Å². The second kappa shape index (κ2) is 10.3. The van der Waals surface area contributed by atoms with Gasteiger partial charge in [0.2, 0.25) is 5.91 Å². The number of carbonyl (C=O) groups is 2. The topological polar surface area (TPSA) is 64.7 Å². The van der Waals surface area contributed by atoms with E-state index in [0.717, 1.165) is 43.5 Å². The van der Waals surface area contributed by atoms with E-state index in [1.165, 1.54) is 5.56 Å². The predicted octanol–water partition coefficient (Wildman–Crippen LogP) is 4.08. The van der Waals surface area contributed by atoms with Crippen LogP contribution in [-0.2, 0) is 11.3 Å². The highest BCUT2D eigenvalue weighted by Crippen LogP contribution is 2.23. The maximum absolute atomic E-state index is 12.8. The Morgan fingerprint density at radius 2 is 1.68 bits per heavy atom. The fourth-order valence-electron chi connectivity index (χ4n) is 4.39. The molecule has 0 radical (unpaired) electrons. The minimum atomic E-state index is -0.436. The summed E-state index contributed by atoms with van der Waals surface area (Å²) in [5.74, 6) is 0.573. The molecule has 31 heavy (non-hydrogen) atoms. The number of rotatable bonds is 6. The number of nitrogens with one attached hydrogen (secondary N) is 2. The Balaban J connectivity index is 1.20. The second-order valence-electron chi connectivity index (χ2n) is 8.44. The highest BCUT2D eigenvalue weighted by molar-refractivity contribution is 9.10.